The molecular weight excluding hydrogens is 408 g/mol. The Morgan fingerprint density at radius 3 is 2.31 bits per heavy atom. The summed E-state index contributed by atoms with van der Waals surface area (Å²) in [5.74, 6) is 1.66. The Morgan fingerprint density at radius 2 is 1.62 bits per heavy atom. The maximum Gasteiger partial charge on any atom is 0.200 e. The molecule has 0 saturated carbocycles. The van der Waals surface area contributed by atoms with E-state index in [0.29, 0.717) is 39.1 Å². The third kappa shape index (κ3) is 3.62. The Balaban J connectivity index is 2.01. The molecule has 2 aromatic heterocycles. The van der Waals surface area contributed by atoms with E-state index in [1.54, 1.807) is 14.2 Å². The third-order valence-electron chi connectivity index (χ3n) is 4.55. The van der Waals surface area contributed by atoms with Crippen molar-refractivity contribution in [2.75, 3.05) is 20.0 Å². The van der Waals surface area contributed by atoms with Gasteiger partial charge in [-0.05, 0) is 59.7 Å². The zero-order chi connectivity index (χ0) is 20.5. The Labute approximate surface area is 177 Å². The minimum atomic E-state index is 0.272. The Hall–Kier alpha value is -3.16. The highest BCUT2D eigenvalue weighted by Gasteiger charge is 2.15. The van der Waals surface area contributed by atoms with Crippen LogP contribution >= 0.6 is 23.8 Å². The minimum absolute atomic E-state index is 0.272. The summed E-state index contributed by atoms with van der Waals surface area (Å²) in [6, 6.07) is 15.1. The lowest BCUT2D eigenvalue weighted by Gasteiger charge is -2.13. The average molecular weight is 425 g/mol. The number of nitrogens with two attached hydrogens (primary N) is 1. The molecule has 0 aliphatic rings. The van der Waals surface area contributed by atoms with Gasteiger partial charge in [-0.2, -0.15) is 4.98 Å². The number of methoxy groups -OCH3 is 2. The number of nitrogen functional groups attached to an aromatic ring is 1. The number of H-pyrrole nitrogens is 1. The number of anilines is 1. The molecule has 2 heterocycles. The van der Waals surface area contributed by atoms with Crippen LogP contribution in [-0.2, 0) is 0 Å². The van der Waals surface area contributed by atoms with Crippen LogP contribution in [0, 0.1) is 4.77 Å². The van der Waals surface area contributed by atoms with E-state index >= 15 is 0 Å². The van der Waals surface area contributed by atoms with Gasteiger partial charge in [0.1, 0.15) is 5.82 Å². The molecule has 146 valence electrons. The van der Waals surface area contributed by atoms with Gasteiger partial charge in [0.2, 0.25) is 0 Å². The first kappa shape index (κ1) is 19.2. The van der Waals surface area contributed by atoms with Gasteiger partial charge in [-0.15, -0.1) is 0 Å². The van der Waals surface area contributed by atoms with Gasteiger partial charge in [0.25, 0.3) is 0 Å². The van der Waals surface area contributed by atoms with E-state index < -0.39 is 0 Å². The first-order valence-corrected chi connectivity index (χ1v) is 9.47. The molecular formula is C21H17ClN4O2S. The van der Waals surface area contributed by atoms with Crippen molar-refractivity contribution >= 4 is 40.7 Å². The molecule has 3 N–H and O–H groups in total. The number of aromatic amines is 1. The van der Waals surface area contributed by atoms with Crippen LogP contribution in [0.25, 0.3) is 33.4 Å². The molecule has 4 rings (SSSR count). The van der Waals surface area contributed by atoms with Crippen LogP contribution in [0.3, 0.4) is 0 Å². The molecule has 0 amide bonds. The van der Waals surface area contributed by atoms with Gasteiger partial charge in [0, 0.05) is 10.6 Å². The fourth-order valence-electron chi connectivity index (χ4n) is 3.18. The Kier molecular flexibility index (Phi) is 5.08. The maximum atomic E-state index is 6.23. The zero-order valence-electron chi connectivity index (χ0n) is 15.7. The highest BCUT2D eigenvalue weighted by atomic mass is 35.5. The third-order valence-corrected chi connectivity index (χ3v) is 5.00. The molecule has 0 atom stereocenters. The van der Waals surface area contributed by atoms with E-state index in [2.05, 4.69) is 9.97 Å². The number of ether oxygens (including phenoxy) is 2. The number of hydrogen-bond donors (Lipinski definition) is 2. The van der Waals surface area contributed by atoms with Gasteiger partial charge in [0.05, 0.1) is 25.3 Å². The molecule has 4 aromatic rings. The van der Waals surface area contributed by atoms with Crippen molar-refractivity contribution in [1.82, 2.24) is 15.0 Å². The Morgan fingerprint density at radius 1 is 0.931 bits per heavy atom. The van der Waals surface area contributed by atoms with Gasteiger partial charge in [0.15, 0.2) is 21.9 Å². The first-order valence-electron chi connectivity index (χ1n) is 8.69. The SMILES string of the molecule is COc1ccc(-c2cc(-c3ccc(Cl)cc3)c3c(N)[nH]c(=S)nc3n2)cc1OC. The quantitative estimate of drug-likeness (QED) is 0.434. The number of hydrogen-bond acceptors (Lipinski definition) is 6. The van der Waals surface area contributed by atoms with Crippen molar-refractivity contribution < 1.29 is 9.47 Å². The highest BCUT2D eigenvalue weighted by molar-refractivity contribution is 7.71. The van der Waals surface area contributed by atoms with Crippen molar-refractivity contribution in [2.24, 2.45) is 0 Å². The molecule has 6 nitrogen and oxygen atoms in total. The first-order chi connectivity index (χ1) is 14.0. The molecule has 0 unspecified atom stereocenters. The number of pyridine rings is 1. The van der Waals surface area contributed by atoms with Crippen molar-refractivity contribution in [1.29, 1.82) is 0 Å². The summed E-state index contributed by atoms with van der Waals surface area (Å²) >= 11 is 11.3. The van der Waals surface area contributed by atoms with Crippen molar-refractivity contribution in [3.8, 4) is 33.9 Å². The second kappa shape index (κ2) is 7.69. The lowest BCUT2D eigenvalue weighted by Crippen LogP contribution is -2.00. The van der Waals surface area contributed by atoms with Crippen LogP contribution in [0.2, 0.25) is 5.02 Å². The molecule has 0 fully saturated rings. The topological polar surface area (TPSA) is 86.0 Å². The fourth-order valence-corrected chi connectivity index (χ4v) is 3.50. The van der Waals surface area contributed by atoms with Gasteiger partial charge < -0.3 is 20.2 Å². The molecule has 0 bridgehead atoms. The van der Waals surface area contributed by atoms with E-state index in [1.165, 1.54) is 0 Å². The van der Waals surface area contributed by atoms with Crippen LogP contribution in [0.5, 0.6) is 11.5 Å². The summed E-state index contributed by atoms with van der Waals surface area (Å²) in [6.07, 6.45) is 0. The highest BCUT2D eigenvalue weighted by Crippen LogP contribution is 2.36. The van der Waals surface area contributed by atoms with E-state index in [0.717, 1.165) is 16.7 Å². The van der Waals surface area contributed by atoms with E-state index in [-0.39, 0.29) is 4.77 Å². The van der Waals surface area contributed by atoms with Crippen LogP contribution in [-0.4, -0.2) is 29.2 Å². The molecule has 0 aliphatic heterocycles. The Bertz CT molecular complexity index is 1270. The second-order valence-corrected chi connectivity index (χ2v) is 7.11. The number of halogens is 1. The normalized spacial score (nSPS) is 10.9. The number of nitrogens with zero attached hydrogens (tertiary/aromatic N) is 2. The second-order valence-electron chi connectivity index (χ2n) is 6.29. The average Bonchev–Trinajstić information content (AvgIpc) is 2.72. The van der Waals surface area contributed by atoms with Crippen LogP contribution in [0.4, 0.5) is 5.82 Å². The van der Waals surface area contributed by atoms with Crippen LogP contribution < -0.4 is 15.2 Å². The number of nitrogens with one attached hydrogen (secondary N) is 1. The summed E-state index contributed by atoms with van der Waals surface area (Å²) < 4.78 is 11.0. The molecule has 0 saturated heterocycles. The molecule has 0 spiro atoms. The predicted octanol–water partition coefficient (Wildman–Crippen LogP) is 5.27. The molecule has 0 aliphatic carbocycles. The molecule has 0 radical (unpaired) electrons. The van der Waals surface area contributed by atoms with E-state index in [1.807, 2.05) is 48.5 Å². The largest absolute Gasteiger partial charge is 0.493 e. The summed E-state index contributed by atoms with van der Waals surface area (Å²) in [5, 5.41) is 1.35. The van der Waals surface area contributed by atoms with Gasteiger partial charge in [-0.25, -0.2) is 4.98 Å². The lowest BCUT2D eigenvalue weighted by molar-refractivity contribution is 0.355. The summed E-state index contributed by atoms with van der Waals surface area (Å²) in [7, 11) is 3.19. The number of benzene rings is 2. The lowest BCUT2D eigenvalue weighted by atomic mass is 9.99. The molecule has 29 heavy (non-hydrogen) atoms. The van der Waals surface area contributed by atoms with Crippen molar-refractivity contribution in [3.05, 3.63) is 58.3 Å². The maximum absolute atomic E-state index is 6.23. The monoisotopic (exact) mass is 424 g/mol. The van der Waals surface area contributed by atoms with Crippen molar-refractivity contribution in [3.63, 3.8) is 0 Å². The zero-order valence-corrected chi connectivity index (χ0v) is 17.3. The van der Waals surface area contributed by atoms with E-state index in [4.69, 9.17) is 44.0 Å². The summed E-state index contributed by atoms with van der Waals surface area (Å²) in [5.41, 5.74) is 10.0. The van der Waals surface area contributed by atoms with E-state index in [9.17, 15) is 0 Å². The summed E-state index contributed by atoms with van der Waals surface area (Å²) in [4.78, 5) is 12.0. The molecule has 2 aromatic carbocycles. The standard InChI is InChI=1S/C21H17ClN4O2S/c1-27-16-8-5-12(9-17(16)28-2)15-10-14(11-3-6-13(22)7-4-11)18-19(23)25-21(29)26-20(18)24-15/h3-10H,1-2H3,(H3,23,24,25,26,29). The summed E-state index contributed by atoms with van der Waals surface area (Å²) in [6.45, 7) is 0. The van der Waals surface area contributed by atoms with Gasteiger partial charge in [-0.1, -0.05) is 23.7 Å². The number of rotatable bonds is 4. The fraction of sp³-hybridized carbons (Fsp3) is 0.0952. The molecule has 8 heteroatoms. The van der Waals surface area contributed by atoms with Crippen molar-refractivity contribution in [2.45, 2.75) is 0 Å². The van der Waals surface area contributed by atoms with Gasteiger partial charge >= 0.3 is 0 Å². The van der Waals surface area contributed by atoms with Crippen LogP contribution in [0.15, 0.2) is 48.5 Å². The number of aromatic nitrogens is 3. The minimum Gasteiger partial charge on any atom is -0.493 e. The smallest absolute Gasteiger partial charge is 0.200 e. The predicted molar refractivity (Wildman–Crippen MR) is 118 cm³/mol. The van der Waals surface area contributed by atoms with Gasteiger partial charge in [-0.3, -0.25) is 0 Å². The number of fused-ring (bicyclic) bond motifs is 1. The van der Waals surface area contributed by atoms with Crippen LogP contribution in [0.1, 0.15) is 0 Å².